The Labute approximate surface area is 213 Å². The highest BCUT2D eigenvalue weighted by Crippen LogP contribution is 2.40. The monoisotopic (exact) mass is 516 g/mol. The molecule has 2 heterocycles. The molecule has 208 valence electrons. The van der Waals surface area contributed by atoms with Gasteiger partial charge in [-0.2, -0.15) is 0 Å². The van der Waals surface area contributed by atoms with Crippen LogP contribution in [-0.2, 0) is 23.8 Å². The molecule has 0 aromatic carbocycles. The smallest absolute Gasteiger partial charge is 0.330 e. The third kappa shape index (κ3) is 9.72. The minimum atomic E-state index is -1.67. The Bertz CT molecular complexity index is 738. The highest BCUT2D eigenvalue weighted by molar-refractivity contribution is 5.82. The molecule has 0 aromatic heterocycles. The summed E-state index contributed by atoms with van der Waals surface area (Å²) in [7, 11) is 0. The lowest BCUT2D eigenvalue weighted by Crippen LogP contribution is -2.61. The molecule has 10 heteroatoms. The number of esters is 1. The van der Waals surface area contributed by atoms with Crippen molar-refractivity contribution in [3.63, 3.8) is 0 Å². The van der Waals surface area contributed by atoms with Gasteiger partial charge < -0.3 is 39.7 Å². The van der Waals surface area contributed by atoms with Crippen LogP contribution < -0.4 is 0 Å². The van der Waals surface area contributed by atoms with Gasteiger partial charge in [0.2, 0.25) is 0 Å². The molecule has 2 aliphatic rings. The molecule has 8 atom stereocenters. The van der Waals surface area contributed by atoms with E-state index in [-0.39, 0.29) is 44.0 Å². The Hall–Kier alpha value is -1.56. The van der Waals surface area contributed by atoms with E-state index in [1.807, 2.05) is 6.92 Å². The minimum Gasteiger partial charge on any atom is -0.481 e. The van der Waals surface area contributed by atoms with E-state index in [4.69, 9.17) is 19.3 Å². The summed E-state index contributed by atoms with van der Waals surface area (Å²) in [6.45, 7) is 5.35. The zero-order valence-corrected chi connectivity index (χ0v) is 21.7. The van der Waals surface area contributed by atoms with E-state index in [9.17, 15) is 30.0 Å². The molecular formula is C26H44O10. The maximum absolute atomic E-state index is 12.1. The fraction of sp³-hybridized carbons (Fsp3) is 0.846. The molecule has 0 amide bonds. The predicted molar refractivity (Wildman–Crippen MR) is 130 cm³/mol. The first-order valence-corrected chi connectivity index (χ1v) is 13.0. The van der Waals surface area contributed by atoms with Gasteiger partial charge in [0.1, 0.15) is 17.8 Å². The number of carbonyl (C=O) groups excluding carboxylic acids is 1. The second-order valence-corrected chi connectivity index (χ2v) is 10.5. The van der Waals surface area contributed by atoms with Gasteiger partial charge in [-0.1, -0.05) is 38.2 Å². The first-order chi connectivity index (χ1) is 16.9. The predicted octanol–water partition coefficient (Wildman–Crippen LogP) is 1.71. The summed E-state index contributed by atoms with van der Waals surface area (Å²) >= 11 is 0. The summed E-state index contributed by atoms with van der Waals surface area (Å²) in [6, 6.07) is 0. The molecule has 2 aliphatic heterocycles. The van der Waals surface area contributed by atoms with Gasteiger partial charge in [-0.15, -0.1) is 0 Å². The second kappa shape index (κ2) is 14.4. The van der Waals surface area contributed by atoms with Gasteiger partial charge in [0, 0.05) is 24.8 Å². The fourth-order valence-electron chi connectivity index (χ4n) is 4.60. The molecule has 0 saturated carbocycles. The Morgan fingerprint density at radius 2 is 1.72 bits per heavy atom. The number of aliphatic hydroxyl groups is 4. The molecule has 0 aromatic rings. The van der Waals surface area contributed by atoms with E-state index in [0.717, 1.165) is 32.1 Å². The average Bonchev–Trinajstić information content (AvgIpc) is 3.56. The summed E-state index contributed by atoms with van der Waals surface area (Å²) in [5.74, 6) is -1.37. The molecular weight excluding hydrogens is 472 g/mol. The first-order valence-electron chi connectivity index (χ1n) is 13.0. The van der Waals surface area contributed by atoms with Gasteiger partial charge in [0.05, 0.1) is 37.6 Å². The highest BCUT2D eigenvalue weighted by atomic mass is 16.6. The number of rotatable bonds is 16. The van der Waals surface area contributed by atoms with E-state index in [2.05, 4.69) is 0 Å². The zero-order valence-electron chi connectivity index (χ0n) is 21.7. The Balaban J connectivity index is 1.67. The van der Waals surface area contributed by atoms with Crippen molar-refractivity contribution in [1.29, 1.82) is 0 Å². The Morgan fingerprint density at radius 1 is 1.08 bits per heavy atom. The molecule has 0 unspecified atom stereocenters. The van der Waals surface area contributed by atoms with Crippen molar-refractivity contribution >= 4 is 11.9 Å². The number of ether oxygens (including phenoxy) is 3. The molecule has 0 bridgehead atoms. The lowest BCUT2D eigenvalue weighted by molar-refractivity contribution is -0.236. The van der Waals surface area contributed by atoms with Crippen LogP contribution in [0.5, 0.6) is 0 Å². The van der Waals surface area contributed by atoms with Crippen molar-refractivity contribution in [3.8, 4) is 0 Å². The number of hydrogen-bond acceptors (Lipinski definition) is 9. The number of aliphatic hydroxyl groups excluding tert-OH is 3. The minimum absolute atomic E-state index is 0.0865. The van der Waals surface area contributed by atoms with Crippen LogP contribution in [-0.4, -0.2) is 92.9 Å². The normalized spacial score (nSPS) is 32.1. The molecule has 2 rings (SSSR count). The molecule has 36 heavy (non-hydrogen) atoms. The number of carboxylic acids is 1. The summed E-state index contributed by atoms with van der Waals surface area (Å²) in [5, 5.41) is 50.4. The van der Waals surface area contributed by atoms with Gasteiger partial charge in [0.15, 0.2) is 0 Å². The maximum Gasteiger partial charge on any atom is 0.330 e. The lowest BCUT2D eigenvalue weighted by Gasteiger charge is -2.43. The fourth-order valence-corrected chi connectivity index (χ4v) is 4.60. The number of aliphatic carboxylic acids is 1. The summed E-state index contributed by atoms with van der Waals surface area (Å²) in [5.41, 5.74) is -1.04. The zero-order chi connectivity index (χ0) is 26.9. The van der Waals surface area contributed by atoms with E-state index in [1.165, 1.54) is 6.08 Å². The number of epoxide rings is 1. The molecule has 5 N–H and O–H groups in total. The summed E-state index contributed by atoms with van der Waals surface area (Å²) in [6.07, 6.45) is 2.29. The maximum atomic E-state index is 12.1. The largest absolute Gasteiger partial charge is 0.481 e. The van der Waals surface area contributed by atoms with Crippen LogP contribution in [0.4, 0.5) is 0 Å². The van der Waals surface area contributed by atoms with E-state index < -0.39 is 42.0 Å². The van der Waals surface area contributed by atoms with Crippen LogP contribution in [0.15, 0.2) is 11.6 Å². The van der Waals surface area contributed by atoms with Crippen LogP contribution in [0.1, 0.15) is 78.6 Å². The Kier molecular flexibility index (Phi) is 12.3. The van der Waals surface area contributed by atoms with Gasteiger partial charge in [-0.05, 0) is 33.1 Å². The van der Waals surface area contributed by atoms with Gasteiger partial charge in [-0.3, -0.25) is 4.79 Å². The van der Waals surface area contributed by atoms with Crippen LogP contribution in [0, 0.1) is 5.92 Å². The van der Waals surface area contributed by atoms with Crippen LogP contribution in [0.25, 0.3) is 0 Å². The van der Waals surface area contributed by atoms with Crippen molar-refractivity contribution in [2.75, 3.05) is 13.2 Å². The third-order valence-electron chi connectivity index (χ3n) is 7.17. The van der Waals surface area contributed by atoms with E-state index in [0.29, 0.717) is 18.6 Å². The van der Waals surface area contributed by atoms with E-state index >= 15 is 0 Å². The second-order valence-electron chi connectivity index (χ2n) is 10.5. The van der Waals surface area contributed by atoms with Crippen molar-refractivity contribution in [1.82, 2.24) is 0 Å². The lowest BCUT2D eigenvalue weighted by atomic mass is 9.82. The van der Waals surface area contributed by atoms with Gasteiger partial charge >= 0.3 is 11.9 Å². The number of carboxylic acid groups (broad SMARTS) is 1. The van der Waals surface area contributed by atoms with Crippen molar-refractivity contribution in [2.45, 2.75) is 121 Å². The molecule has 0 radical (unpaired) electrons. The van der Waals surface area contributed by atoms with Crippen molar-refractivity contribution in [2.24, 2.45) is 5.92 Å². The van der Waals surface area contributed by atoms with Crippen LogP contribution in [0.3, 0.4) is 0 Å². The topological polar surface area (TPSA) is 166 Å². The third-order valence-corrected chi connectivity index (χ3v) is 7.17. The first kappa shape index (κ1) is 30.7. The molecule has 10 nitrogen and oxygen atoms in total. The van der Waals surface area contributed by atoms with Crippen LogP contribution >= 0.6 is 0 Å². The van der Waals surface area contributed by atoms with Gasteiger partial charge in [-0.25, -0.2) is 4.79 Å². The average molecular weight is 517 g/mol. The van der Waals surface area contributed by atoms with Gasteiger partial charge in [0.25, 0.3) is 0 Å². The SMILES string of the molecule is C/C(=C\C(=O)OCCCCCCCCC(=O)O)C[C@@H]1OC[C@](O)(C[C@H]2O[C@H]2[C@@H](C)[C@H](C)O)[C@@H](O)[C@H]1O. The van der Waals surface area contributed by atoms with Crippen LogP contribution in [0.2, 0.25) is 0 Å². The van der Waals surface area contributed by atoms with E-state index in [1.54, 1.807) is 13.8 Å². The van der Waals surface area contributed by atoms with Crippen molar-refractivity contribution < 1.29 is 49.3 Å². The number of unbranched alkanes of at least 4 members (excludes halogenated alkanes) is 5. The highest BCUT2D eigenvalue weighted by Gasteiger charge is 2.54. The quantitative estimate of drug-likeness (QED) is 0.0882. The number of carbonyl (C=O) groups is 2. The summed E-state index contributed by atoms with van der Waals surface area (Å²) < 4.78 is 16.5. The number of hydrogen-bond donors (Lipinski definition) is 5. The van der Waals surface area contributed by atoms with Crippen molar-refractivity contribution in [3.05, 3.63) is 11.6 Å². The molecule has 0 aliphatic carbocycles. The molecule has 2 saturated heterocycles. The Morgan fingerprint density at radius 3 is 2.36 bits per heavy atom. The molecule has 2 fully saturated rings. The summed E-state index contributed by atoms with van der Waals surface area (Å²) in [4.78, 5) is 22.5. The standard InChI is InChI=1S/C26H44O10/c1-16(13-22(30)34-11-9-7-5-4-6-8-10-21(28)29)12-19-23(31)25(32)26(33,15-35-19)14-20-24(36-20)17(2)18(3)27/h13,17-20,23-25,27,31-33H,4-12,14-15H2,1-3H3,(H,28,29)/b16-13+/t17-,18-,19-,20+,23-,24-,25-,26+/m0/s1. The molecule has 0 spiro atoms.